The summed E-state index contributed by atoms with van der Waals surface area (Å²) in [5.41, 5.74) is 0.463. The van der Waals surface area contributed by atoms with Crippen LogP contribution in [0.3, 0.4) is 0 Å². The van der Waals surface area contributed by atoms with E-state index in [0.29, 0.717) is 18.0 Å². The number of amides is 2. The van der Waals surface area contributed by atoms with Gasteiger partial charge in [-0.05, 0) is 32.9 Å². The third-order valence-electron chi connectivity index (χ3n) is 3.69. The molecule has 2 amide bonds. The molecule has 1 heterocycles. The van der Waals surface area contributed by atoms with Gasteiger partial charge in [-0.15, -0.1) is 0 Å². The molecular formula is C17H22N2O5. The summed E-state index contributed by atoms with van der Waals surface area (Å²) in [5, 5.41) is 2.54. The lowest BCUT2D eigenvalue weighted by molar-refractivity contribution is -0.139. The molecule has 0 aromatic heterocycles. The lowest BCUT2D eigenvalue weighted by Crippen LogP contribution is -2.33. The lowest BCUT2D eigenvalue weighted by atomic mass is 10.1. The molecule has 0 unspecified atom stereocenters. The molecule has 1 aliphatic rings. The zero-order valence-corrected chi connectivity index (χ0v) is 14.1. The average Bonchev–Trinajstić information content (AvgIpc) is 2.90. The normalized spacial score (nSPS) is 17.1. The Morgan fingerprint density at radius 3 is 2.75 bits per heavy atom. The van der Waals surface area contributed by atoms with Crippen LogP contribution in [0.4, 0.5) is 10.5 Å². The van der Waals surface area contributed by atoms with Gasteiger partial charge in [0.05, 0.1) is 12.5 Å². The third kappa shape index (κ3) is 4.47. The Hall–Kier alpha value is -2.57. The van der Waals surface area contributed by atoms with Crippen LogP contribution in [0.25, 0.3) is 0 Å². The minimum Gasteiger partial charge on any atom is -0.450 e. The molecule has 0 spiro atoms. The maximum Gasteiger partial charge on any atom is 0.411 e. The quantitative estimate of drug-likeness (QED) is 0.660. The molecule has 1 atom stereocenters. The molecule has 2 rings (SSSR count). The van der Waals surface area contributed by atoms with Gasteiger partial charge in [-0.25, -0.2) is 4.79 Å². The van der Waals surface area contributed by atoms with E-state index in [1.807, 2.05) is 13.8 Å². The van der Waals surface area contributed by atoms with Crippen molar-refractivity contribution >= 4 is 23.7 Å². The minimum atomic E-state index is -0.574. The maximum atomic E-state index is 12.3. The van der Waals surface area contributed by atoms with E-state index in [1.165, 1.54) is 6.07 Å². The summed E-state index contributed by atoms with van der Waals surface area (Å²) >= 11 is 0. The first-order valence-corrected chi connectivity index (χ1v) is 7.95. The van der Waals surface area contributed by atoms with Crippen molar-refractivity contribution in [3.63, 3.8) is 0 Å². The monoisotopic (exact) mass is 334 g/mol. The number of ether oxygens (including phenoxy) is 2. The van der Waals surface area contributed by atoms with Gasteiger partial charge >= 0.3 is 12.1 Å². The van der Waals surface area contributed by atoms with E-state index >= 15 is 0 Å². The Balaban J connectivity index is 1.97. The van der Waals surface area contributed by atoms with Gasteiger partial charge in [0.1, 0.15) is 5.75 Å². The number of nitrogens with zero attached hydrogens (tertiary/aromatic N) is 1. The van der Waals surface area contributed by atoms with Crippen LogP contribution < -0.4 is 10.1 Å². The van der Waals surface area contributed by atoms with Gasteiger partial charge in [-0.3, -0.25) is 14.9 Å². The fraction of sp³-hybridized carbons (Fsp3) is 0.471. The molecule has 0 bridgehead atoms. The Bertz CT molecular complexity index is 629. The summed E-state index contributed by atoms with van der Waals surface area (Å²) < 4.78 is 10.1. The summed E-state index contributed by atoms with van der Waals surface area (Å²) in [6, 6.07) is 6.53. The predicted octanol–water partition coefficient (Wildman–Crippen LogP) is 2.42. The minimum absolute atomic E-state index is 0.0373. The van der Waals surface area contributed by atoms with Crippen LogP contribution in [0.2, 0.25) is 0 Å². The largest absolute Gasteiger partial charge is 0.450 e. The van der Waals surface area contributed by atoms with Crippen molar-refractivity contribution in [2.24, 2.45) is 5.92 Å². The number of esters is 1. The molecule has 1 aromatic carbocycles. The first kappa shape index (κ1) is 17.8. The molecule has 1 N–H and O–H groups in total. The average molecular weight is 334 g/mol. The van der Waals surface area contributed by atoms with Crippen LogP contribution in [0.5, 0.6) is 5.75 Å². The first-order chi connectivity index (χ1) is 11.4. The fourth-order valence-electron chi connectivity index (χ4n) is 2.51. The molecule has 7 heteroatoms. The number of hydrogen-bond donors (Lipinski definition) is 1. The zero-order chi connectivity index (χ0) is 17.7. The molecule has 24 heavy (non-hydrogen) atoms. The van der Waals surface area contributed by atoms with Gasteiger partial charge in [0.15, 0.2) is 0 Å². The summed E-state index contributed by atoms with van der Waals surface area (Å²) in [7, 11) is 0. The van der Waals surface area contributed by atoms with Crippen molar-refractivity contribution in [1.82, 2.24) is 4.90 Å². The van der Waals surface area contributed by atoms with E-state index in [1.54, 1.807) is 30.0 Å². The van der Waals surface area contributed by atoms with Crippen molar-refractivity contribution in [3.8, 4) is 5.75 Å². The second kappa shape index (κ2) is 7.81. The van der Waals surface area contributed by atoms with Crippen LogP contribution in [-0.2, 0) is 14.3 Å². The highest BCUT2D eigenvalue weighted by molar-refractivity contribution is 5.88. The third-order valence-corrected chi connectivity index (χ3v) is 3.69. The molecule has 1 aromatic rings. The highest BCUT2D eigenvalue weighted by Gasteiger charge is 2.36. The number of carbonyl (C=O) groups excluding carboxylic acids is 3. The number of benzene rings is 1. The molecule has 0 aliphatic carbocycles. The Morgan fingerprint density at radius 2 is 2.12 bits per heavy atom. The van der Waals surface area contributed by atoms with Gasteiger partial charge in [-0.1, -0.05) is 6.07 Å². The smallest absolute Gasteiger partial charge is 0.411 e. The van der Waals surface area contributed by atoms with Crippen molar-refractivity contribution in [2.45, 2.75) is 33.2 Å². The van der Waals surface area contributed by atoms with Crippen LogP contribution in [0.15, 0.2) is 24.3 Å². The summed E-state index contributed by atoms with van der Waals surface area (Å²) in [6.45, 7) is 6.17. The van der Waals surface area contributed by atoms with Crippen molar-refractivity contribution in [1.29, 1.82) is 0 Å². The SMILES string of the molecule is CCOC(=O)Nc1cccc(OC(=O)[C@@H]2CC(=O)N(C(C)C)C2)c1. The van der Waals surface area contributed by atoms with Crippen molar-refractivity contribution in [2.75, 3.05) is 18.5 Å². The summed E-state index contributed by atoms with van der Waals surface area (Å²) in [6.07, 6.45) is -0.410. The Morgan fingerprint density at radius 1 is 1.38 bits per heavy atom. The molecular weight excluding hydrogens is 312 g/mol. The van der Waals surface area contributed by atoms with Crippen LogP contribution in [0.1, 0.15) is 27.2 Å². The van der Waals surface area contributed by atoms with Crippen LogP contribution in [-0.4, -0.2) is 42.1 Å². The van der Waals surface area contributed by atoms with Crippen molar-refractivity contribution < 1.29 is 23.9 Å². The number of anilines is 1. The number of hydrogen-bond acceptors (Lipinski definition) is 5. The number of nitrogens with one attached hydrogen (secondary N) is 1. The topological polar surface area (TPSA) is 84.9 Å². The van der Waals surface area contributed by atoms with Crippen molar-refractivity contribution in [3.05, 3.63) is 24.3 Å². The zero-order valence-electron chi connectivity index (χ0n) is 14.1. The van der Waals surface area contributed by atoms with E-state index in [2.05, 4.69) is 5.32 Å². The number of likely N-dealkylation sites (tertiary alicyclic amines) is 1. The first-order valence-electron chi connectivity index (χ1n) is 7.95. The van der Waals surface area contributed by atoms with E-state index < -0.39 is 18.0 Å². The van der Waals surface area contributed by atoms with E-state index in [-0.39, 0.29) is 25.0 Å². The number of carbonyl (C=O) groups is 3. The molecule has 1 saturated heterocycles. The maximum absolute atomic E-state index is 12.3. The second-order valence-electron chi connectivity index (χ2n) is 5.84. The predicted molar refractivity (Wildman–Crippen MR) is 87.7 cm³/mol. The fourth-order valence-corrected chi connectivity index (χ4v) is 2.51. The Labute approximate surface area is 140 Å². The summed E-state index contributed by atoms with van der Waals surface area (Å²) in [5.74, 6) is -0.643. The van der Waals surface area contributed by atoms with Gasteiger partial charge < -0.3 is 14.4 Å². The summed E-state index contributed by atoms with van der Waals surface area (Å²) in [4.78, 5) is 37.2. The van der Waals surface area contributed by atoms with E-state index in [9.17, 15) is 14.4 Å². The van der Waals surface area contributed by atoms with Gasteiger partial charge in [0.2, 0.25) is 5.91 Å². The van der Waals surface area contributed by atoms with Gasteiger partial charge in [-0.2, -0.15) is 0 Å². The lowest BCUT2D eigenvalue weighted by Gasteiger charge is -2.20. The van der Waals surface area contributed by atoms with E-state index in [4.69, 9.17) is 9.47 Å². The van der Waals surface area contributed by atoms with Gasteiger partial charge in [0.25, 0.3) is 0 Å². The molecule has 0 radical (unpaired) electrons. The van der Waals surface area contributed by atoms with Crippen LogP contribution in [0, 0.1) is 5.92 Å². The molecule has 7 nitrogen and oxygen atoms in total. The number of rotatable bonds is 5. The Kier molecular flexibility index (Phi) is 5.78. The van der Waals surface area contributed by atoms with E-state index in [0.717, 1.165) is 0 Å². The molecule has 1 aliphatic heterocycles. The van der Waals surface area contributed by atoms with Gasteiger partial charge in [0, 0.05) is 30.8 Å². The molecule has 1 fully saturated rings. The second-order valence-corrected chi connectivity index (χ2v) is 5.84. The van der Waals surface area contributed by atoms with Crippen LogP contribution >= 0.6 is 0 Å². The molecule has 0 saturated carbocycles. The molecule has 130 valence electrons. The highest BCUT2D eigenvalue weighted by Crippen LogP contribution is 2.24. The standard InChI is InChI=1S/C17H22N2O5/c1-4-23-17(22)18-13-6-5-7-14(9-13)24-16(21)12-8-15(20)19(10-12)11(2)3/h5-7,9,11-12H,4,8,10H2,1-3H3,(H,18,22)/t12-/m1/s1. The highest BCUT2D eigenvalue weighted by atomic mass is 16.5.